The Morgan fingerprint density at radius 2 is 1.90 bits per heavy atom. The van der Waals surface area contributed by atoms with E-state index in [-0.39, 0.29) is 0 Å². The highest BCUT2D eigenvalue weighted by Crippen LogP contribution is 2.12. The van der Waals surface area contributed by atoms with Gasteiger partial charge >= 0.3 is 0 Å². The molecule has 0 aromatic carbocycles. The van der Waals surface area contributed by atoms with Gasteiger partial charge in [-0.1, -0.05) is 26.0 Å². The molecule has 0 aliphatic heterocycles. The van der Waals surface area contributed by atoms with Gasteiger partial charge in [-0.3, -0.25) is 9.98 Å². The van der Waals surface area contributed by atoms with E-state index < -0.39 is 0 Å². The van der Waals surface area contributed by atoms with Crippen LogP contribution in [0.3, 0.4) is 0 Å². The Morgan fingerprint density at radius 1 is 1.25 bits per heavy atom. The molecule has 0 heterocycles. The van der Waals surface area contributed by atoms with E-state index in [9.17, 15) is 0 Å². The molecule has 0 atom stereocenters. The van der Waals surface area contributed by atoms with E-state index in [1.165, 1.54) is 5.57 Å². The van der Waals surface area contributed by atoms with Crippen LogP contribution in [0.5, 0.6) is 0 Å². The molecule has 0 saturated heterocycles. The van der Waals surface area contributed by atoms with Gasteiger partial charge in [-0.15, -0.1) is 0 Å². The van der Waals surface area contributed by atoms with Crippen molar-refractivity contribution >= 4 is 12.4 Å². The molecule has 114 valence electrons. The standard InChI is InChI=1S/C15H24N2O.C2H6/c1-6-14(10-11-16-5)18-12-8-9-15(13(3)4)17-7-2;1-2/h6-7,10-11H,1,8-9,12H2,2-5H3;1-2H3/b14-10+,16-11?,17-7?;. The van der Waals surface area contributed by atoms with Crippen LogP contribution in [-0.4, -0.2) is 26.1 Å². The second kappa shape index (κ2) is 15.4. The summed E-state index contributed by atoms with van der Waals surface area (Å²) in [5.41, 5.74) is 2.39. The highest BCUT2D eigenvalue weighted by molar-refractivity contribution is 5.72. The Kier molecular flexibility index (Phi) is 15.9. The molecule has 0 radical (unpaired) electrons. The summed E-state index contributed by atoms with van der Waals surface area (Å²) in [5, 5.41) is 0. The van der Waals surface area contributed by atoms with Crippen molar-refractivity contribution in [3.63, 3.8) is 0 Å². The zero-order valence-corrected chi connectivity index (χ0v) is 13.9. The van der Waals surface area contributed by atoms with Gasteiger partial charge in [-0.25, -0.2) is 0 Å². The van der Waals surface area contributed by atoms with E-state index in [2.05, 4.69) is 30.4 Å². The summed E-state index contributed by atoms with van der Waals surface area (Å²) < 4.78 is 5.58. The quantitative estimate of drug-likeness (QED) is 0.267. The molecule has 0 aromatic rings. The van der Waals surface area contributed by atoms with Crippen molar-refractivity contribution in [1.82, 2.24) is 0 Å². The minimum atomic E-state index is 0.658. The molecule has 0 bridgehead atoms. The molecule has 0 aliphatic rings. The second-order valence-electron chi connectivity index (χ2n) is 3.97. The van der Waals surface area contributed by atoms with Crippen LogP contribution in [0.25, 0.3) is 0 Å². The monoisotopic (exact) mass is 278 g/mol. The van der Waals surface area contributed by atoms with E-state index >= 15 is 0 Å². The van der Waals surface area contributed by atoms with Crippen LogP contribution >= 0.6 is 0 Å². The first-order valence-corrected chi connectivity index (χ1v) is 7.18. The molecule has 20 heavy (non-hydrogen) atoms. The first-order valence-electron chi connectivity index (χ1n) is 7.18. The summed E-state index contributed by atoms with van der Waals surface area (Å²) in [6, 6.07) is 0. The van der Waals surface area contributed by atoms with Crippen molar-refractivity contribution in [2.24, 2.45) is 9.98 Å². The van der Waals surface area contributed by atoms with Gasteiger partial charge in [0.15, 0.2) is 0 Å². The number of rotatable bonds is 8. The number of ether oxygens (including phenoxy) is 1. The van der Waals surface area contributed by atoms with Gasteiger partial charge in [0.25, 0.3) is 0 Å². The minimum absolute atomic E-state index is 0.658. The first-order chi connectivity index (χ1) is 9.65. The molecule has 0 unspecified atom stereocenters. The normalized spacial score (nSPS) is 11.2. The van der Waals surface area contributed by atoms with Crippen molar-refractivity contribution in [2.75, 3.05) is 13.7 Å². The van der Waals surface area contributed by atoms with E-state index in [1.807, 2.05) is 27.0 Å². The highest BCUT2D eigenvalue weighted by atomic mass is 16.5. The van der Waals surface area contributed by atoms with Gasteiger partial charge < -0.3 is 4.74 Å². The highest BCUT2D eigenvalue weighted by Gasteiger charge is 1.98. The van der Waals surface area contributed by atoms with Gasteiger partial charge in [-0.2, -0.15) is 0 Å². The maximum absolute atomic E-state index is 5.58. The van der Waals surface area contributed by atoms with E-state index in [1.54, 1.807) is 25.4 Å². The Morgan fingerprint density at radius 3 is 2.35 bits per heavy atom. The summed E-state index contributed by atoms with van der Waals surface area (Å²) in [6.07, 6.45) is 8.88. The third kappa shape index (κ3) is 11.5. The maximum Gasteiger partial charge on any atom is 0.120 e. The SMILES string of the molecule is C=C/C(=C\C=NC)OCCCC(N=CC)=C(C)C.CC. The fraction of sp³-hybridized carbons (Fsp3) is 0.529. The third-order valence-corrected chi connectivity index (χ3v) is 2.28. The van der Waals surface area contributed by atoms with Crippen LogP contribution in [0.2, 0.25) is 0 Å². The van der Waals surface area contributed by atoms with Gasteiger partial charge in [-0.05, 0) is 45.8 Å². The first kappa shape index (κ1) is 20.7. The van der Waals surface area contributed by atoms with Gasteiger partial charge in [0.2, 0.25) is 0 Å². The largest absolute Gasteiger partial charge is 0.494 e. The minimum Gasteiger partial charge on any atom is -0.494 e. The molecule has 0 N–H and O–H groups in total. The smallest absolute Gasteiger partial charge is 0.120 e. The Balaban J connectivity index is 0. The van der Waals surface area contributed by atoms with Crippen LogP contribution < -0.4 is 0 Å². The van der Waals surface area contributed by atoms with E-state index in [0.29, 0.717) is 6.61 Å². The zero-order chi connectivity index (χ0) is 15.8. The van der Waals surface area contributed by atoms with Crippen molar-refractivity contribution in [3.8, 4) is 0 Å². The number of hydrogen-bond donors (Lipinski definition) is 0. The Bertz CT molecular complexity index is 359. The molecular formula is C17H30N2O. The lowest BCUT2D eigenvalue weighted by Gasteiger charge is -2.07. The lowest BCUT2D eigenvalue weighted by atomic mass is 10.2. The topological polar surface area (TPSA) is 34.0 Å². The fourth-order valence-corrected chi connectivity index (χ4v) is 1.35. The van der Waals surface area contributed by atoms with Crippen molar-refractivity contribution in [2.45, 2.75) is 47.5 Å². The summed E-state index contributed by atoms with van der Waals surface area (Å²) in [5.74, 6) is 0.748. The van der Waals surface area contributed by atoms with Gasteiger partial charge in [0.1, 0.15) is 5.76 Å². The molecule has 0 rings (SSSR count). The summed E-state index contributed by atoms with van der Waals surface area (Å²) in [4.78, 5) is 8.22. The summed E-state index contributed by atoms with van der Waals surface area (Å²) >= 11 is 0. The van der Waals surface area contributed by atoms with E-state index in [0.717, 1.165) is 24.3 Å². The predicted molar refractivity (Wildman–Crippen MR) is 91.8 cm³/mol. The predicted octanol–water partition coefficient (Wildman–Crippen LogP) is 4.96. The van der Waals surface area contributed by atoms with Crippen LogP contribution in [0, 0.1) is 0 Å². The Hall–Kier alpha value is -1.64. The molecule has 0 aromatic heterocycles. The molecule has 0 saturated carbocycles. The van der Waals surface area contributed by atoms with Crippen LogP contribution in [-0.2, 0) is 4.74 Å². The number of hydrogen-bond acceptors (Lipinski definition) is 3. The second-order valence-corrected chi connectivity index (χ2v) is 3.97. The number of allylic oxidation sites excluding steroid dienone is 4. The van der Waals surface area contributed by atoms with Crippen molar-refractivity contribution in [3.05, 3.63) is 35.8 Å². The lowest BCUT2D eigenvalue weighted by Crippen LogP contribution is -1.95. The maximum atomic E-state index is 5.58. The molecule has 3 nitrogen and oxygen atoms in total. The van der Waals surface area contributed by atoms with Crippen molar-refractivity contribution < 1.29 is 4.74 Å². The van der Waals surface area contributed by atoms with Crippen molar-refractivity contribution in [1.29, 1.82) is 0 Å². The average molecular weight is 278 g/mol. The van der Waals surface area contributed by atoms with Gasteiger partial charge in [0.05, 0.1) is 6.61 Å². The molecule has 0 spiro atoms. The molecule has 0 fully saturated rings. The average Bonchev–Trinajstić information content (AvgIpc) is 2.47. The van der Waals surface area contributed by atoms with Crippen LogP contribution in [0.1, 0.15) is 47.5 Å². The van der Waals surface area contributed by atoms with Gasteiger partial charge in [0, 0.05) is 25.2 Å². The third-order valence-electron chi connectivity index (χ3n) is 2.28. The zero-order valence-electron chi connectivity index (χ0n) is 13.9. The fourth-order valence-electron chi connectivity index (χ4n) is 1.35. The van der Waals surface area contributed by atoms with E-state index in [4.69, 9.17) is 4.74 Å². The lowest BCUT2D eigenvalue weighted by molar-refractivity contribution is 0.221. The number of nitrogens with zero attached hydrogens (tertiary/aromatic N) is 2. The molecule has 0 aliphatic carbocycles. The molecule has 3 heteroatoms. The van der Waals surface area contributed by atoms with Crippen LogP contribution in [0.4, 0.5) is 0 Å². The number of aliphatic imine (C=N–C) groups is 2. The molecular weight excluding hydrogens is 248 g/mol. The molecule has 0 amide bonds. The summed E-state index contributed by atoms with van der Waals surface area (Å²) in [6.45, 7) is 14.4. The Labute approximate surface area is 124 Å². The van der Waals surface area contributed by atoms with Crippen LogP contribution in [0.15, 0.2) is 45.7 Å². The summed E-state index contributed by atoms with van der Waals surface area (Å²) in [7, 11) is 1.72.